The third-order valence-corrected chi connectivity index (χ3v) is 7.31. The monoisotopic (exact) mass is 400 g/mol. The molecule has 0 aromatic carbocycles. The zero-order chi connectivity index (χ0) is 15.1. The Kier molecular flexibility index (Phi) is 2.90. The van der Waals surface area contributed by atoms with E-state index < -0.39 is 15.2 Å². The van der Waals surface area contributed by atoms with Gasteiger partial charge in [0.1, 0.15) is 4.32 Å². The molecule has 20 heavy (non-hydrogen) atoms. The van der Waals surface area contributed by atoms with Gasteiger partial charge in [-0.05, 0) is 27.8 Å². The number of fused-ring (bicyclic) bond motifs is 1. The highest BCUT2D eigenvalue weighted by Crippen LogP contribution is 2.64. The molecular weight excluding hydrogens is 384 g/mol. The molecule has 2 bridgehead atoms. The van der Waals surface area contributed by atoms with Gasteiger partial charge in [-0.2, -0.15) is 0 Å². The maximum absolute atomic E-state index is 12.9. The van der Waals surface area contributed by atoms with Gasteiger partial charge >= 0.3 is 0 Å². The van der Waals surface area contributed by atoms with Crippen LogP contribution in [0.15, 0.2) is 22.7 Å². The van der Waals surface area contributed by atoms with Gasteiger partial charge in [0.05, 0.1) is 4.48 Å². The quantitative estimate of drug-likeness (QED) is 0.453. The third kappa shape index (κ3) is 1.50. The molecule has 0 aromatic heterocycles. The molecule has 1 saturated carbocycles. The number of ketones is 2. The minimum absolute atomic E-state index is 0.0279. The Balaban J connectivity index is 2.27. The third-order valence-electron chi connectivity index (χ3n) is 5.53. The van der Waals surface area contributed by atoms with Crippen molar-refractivity contribution in [2.75, 3.05) is 0 Å². The summed E-state index contributed by atoms with van der Waals surface area (Å²) in [6.45, 7) is 8.02. The molecule has 108 valence electrons. The molecule has 4 aliphatic rings. The van der Waals surface area contributed by atoms with Gasteiger partial charge < -0.3 is 0 Å². The van der Waals surface area contributed by atoms with E-state index in [9.17, 15) is 9.59 Å². The van der Waals surface area contributed by atoms with E-state index in [-0.39, 0.29) is 29.3 Å². The summed E-state index contributed by atoms with van der Waals surface area (Å²) < 4.78 is -0.0680. The fourth-order valence-corrected chi connectivity index (χ4v) is 6.21. The standard InChI is InChI=1S/C16H18Br2O2/c1-14(2)8-5-6-16(18,13(14)20)9-7-10(17)12(19)15(3,4)11(8)9/h5-9,11H,1-4H3/t8-,9+,11+,16-/m0/s1. The zero-order valence-electron chi connectivity index (χ0n) is 12.0. The number of carbonyl (C=O) groups excluding carboxylic acids is 2. The number of hydrogen-bond donors (Lipinski definition) is 0. The lowest BCUT2D eigenvalue weighted by Crippen LogP contribution is -2.65. The smallest absolute Gasteiger partial charge is 0.175 e. The lowest BCUT2D eigenvalue weighted by molar-refractivity contribution is -0.148. The van der Waals surface area contributed by atoms with Crippen molar-refractivity contribution in [3.63, 3.8) is 0 Å². The van der Waals surface area contributed by atoms with Crippen LogP contribution in [0.1, 0.15) is 27.7 Å². The highest BCUT2D eigenvalue weighted by Gasteiger charge is 2.66. The van der Waals surface area contributed by atoms with Gasteiger partial charge in [-0.1, -0.05) is 61.9 Å². The van der Waals surface area contributed by atoms with Crippen molar-refractivity contribution in [3.05, 3.63) is 22.7 Å². The molecule has 0 aliphatic heterocycles. The van der Waals surface area contributed by atoms with E-state index in [0.29, 0.717) is 4.48 Å². The van der Waals surface area contributed by atoms with E-state index in [1.54, 1.807) is 0 Å². The molecule has 0 unspecified atom stereocenters. The Labute approximate surface area is 136 Å². The Morgan fingerprint density at radius 2 is 1.65 bits per heavy atom. The predicted molar refractivity (Wildman–Crippen MR) is 85.9 cm³/mol. The summed E-state index contributed by atoms with van der Waals surface area (Å²) in [7, 11) is 0. The van der Waals surface area contributed by atoms with Crippen molar-refractivity contribution >= 4 is 43.4 Å². The molecule has 4 aliphatic carbocycles. The average Bonchev–Trinajstić information content (AvgIpc) is 2.35. The van der Waals surface area contributed by atoms with Crippen LogP contribution in [0.2, 0.25) is 0 Å². The number of alkyl halides is 1. The summed E-state index contributed by atoms with van der Waals surface area (Å²) in [4.78, 5) is 25.4. The molecule has 1 fully saturated rings. The summed E-state index contributed by atoms with van der Waals surface area (Å²) in [6, 6.07) is 0. The van der Waals surface area contributed by atoms with Crippen molar-refractivity contribution < 1.29 is 9.59 Å². The Morgan fingerprint density at radius 1 is 1.05 bits per heavy atom. The van der Waals surface area contributed by atoms with E-state index in [1.165, 1.54) is 0 Å². The normalized spacial score (nSPS) is 44.3. The lowest BCUT2D eigenvalue weighted by atomic mass is 9.45. The predicted octanol–water partition coefficient (Wildman–Crippen LogP) is 4.04. The van der Waals surface area contributed by atoms with E-state index in [2.05, 4.69) is 37.9 Å². The van der Waals surface area contributed by atoms with Gasteiger partial charge in [-0.25, -0.2) is 0 Å². The molecule has 0 radical (unpaired) electrons. The maximum atomic E-state index is 12.9. The van der Waals surface area contributed by atoms with E-state index in [1.807, 2.05) is 39.8 Å². The van der Waals surface area contributed by atoms with Gasteiger partial charge in [-0.3, -0.25) is 9.59 Å². The molecular formula is C16H18Br2O2. The summed E-state index contributed by atoms with van der Waals surface area (Å²) >= 11 is 7.09. The van der Waals surface area contributed by atoms with Gasteiger partial charge in [0.25, 0.3) is 0 Å². The molecule has 0 heterocycles. The first-order valence-corrected chi connectivity index (χ1v) is 8.48. The van der Waals surface area contributed by atoms with E-state index >= 15 is 0 Å². The SMILES string of the molecule is CC1(C)C(=O)C(Br)=C[C@@H]2[C@H]1[C@@H]1C=C[C@@]2(Br)C(=O)C1(C)C. The van der Waals surface area contributed by atoms with Crippen molar-refractivity contribution in [2.45, 2.75) is 32.0 Å². The van der Waals surface area contributed by atoms with Crippen molar-refractivity contribution in [1.29, 1.82) is 0 Å². The Bertz CT molecular complexity index is 585. The molecule has 0 amide bonds. The van der Waals surface area contributed by atoms with Crippen molar-refractivity contribution in [3.8, 4) is 0 Å². The fourth-order valence-electron chi connectivity index (χ4n) is 4.34. The van der Waals surface area contributed by atoms with E-state index in [4.69, 9.17) is 0 Å². The molecule has 0 spiro atoms. The van der Waals surface area contributed by atoms with Crippen LogP contribution in [-0.4, -0.2) is 15.9 Å². The summed E-state index contributed by atoms with van der Waals surface area (Å²) in [5.41, 5.74) is -0.903. The summed E-state index contributed by atoms with van der Waals surface area (Å²) in [5.74, 6) is 0.642. The first-order valence-electron chi connectivity index (χ1n) is 6.90. The van der Waals surface area contributed by atoms with Crippen molar-refractivity contribution in [2.24, 2.45) is 28.6 Å². The van der Waals surface area contributed by atoms with Crippen LogP contribution in [0.25, 0.3) is 0 Å². The van der Waals surface area contributed by atoms with Crippen molar-refractivity contribution in [1.82, 2.24) is 0 Å². The Hall–Kier alpha value is -0.220. The van der Waals surface area contributed by atoms with Crippen LogP contribution in [0, 0.1) is 28.6 Å². The summed E-state index contributed by atoms with van der Waals surface area (Å²) in [5, 5.41) is 0. The van der Waals surface area contributed by atoms with Gasteiger partial charge in [0, 0.05) is 16.7 Å². The zero-order valence-corrected chi connectivity index (χ0v) is 15.2. The topological polar surface area (TPSA) is 34.1 Å². The number of carbonyl (C=O) groups is 2. The molecule has 4 rings (SSSR count). The van der Waals surface area contributed by atoms with Crippen LogP contribution in [-0.2, 0) is 9.59 Å². The maximum Gasteiger partial charge on any atom is 0.175 e. The van der Waals surface area contributed by atoms with Crippen LogP contribution in [0.5, 0.6) is 0 Å². The second-order valence-corrected chi connectivity index (χ2v) is 9.49. The van der Waals surface area contributed by atoms with Gasteiger partial charge in [0.15, 0.2) is 11.6 Å². The first-order chi connectivity index (χ1) is 9.04. The minimum Gasteiger partial charge on any atom is -0.297 e. The summed E-state index contributed by atoms with van der Waals surface area (Å²) in [6.07, 6.45) is 6.07. The second kappa shape index (κ2) is 3.95. The molecule has 0 saturated heterocycles. The second-order valence-electron chi connectivity index (χ2n) is 7.32. The first kappa shape index (κ1) is 14.7. The number of allylic oxidation sites excluding steroid dienone is 4. The van der Waals surface area contributed by atoms with Gasteiger partial charge in [-0.15, -0.1) is 0 Å². The fraction of sp³-hybridized carbons (Fsp3) is 0.625. The number of rotatable bonds is 0. The average molecular weight is 402 g/mol. The van der Waals surface area contributed by atoms with E-state index in [0.717, 1.165) is 0 Å². The molecule has 4 atom stereocenters. The number of hydrogen-bond acceptors (Lipinski definition) is 2. The van der Waals surface area contributed by atoms with Crippen LogP contribution in [0.4, 0.5) is 0 Å². The van der Waals surface area contributed by atoms with Crippen LogP contribution in [0.3, 0.4) is 0 Å². The number of halogens is 2. The largest absolute Gasteiger partial charge is 0.297 e. The molecule has 0 aromatic rings. The highest BCUT2D eigenvalue weighted by atomic mass is 79.9. The minimum atomic E-state index is -0.674. The Morgan fingerprint density at radius 3 is 2.25 bits per heavy atom. The molecule has 0 N–H and O–H groups in total. The van der Waals surface area contributed by atoms with Crippen LogP contribution >= 0.6 is 31.9 Å². The number of Topliss-reactive ketones (excluding diaryl/α,β-unsaturated/α-hetero) is 2. The highest BCUT2D eigenvalue weighted by molar-refractivity contribution is 9.12. The van der Waals surface area contributed by atoms with Crippen LogP contribution < -0.4 is 0 Å². The molecule has 4 heteroatoms. The van der Waals surface area contributed by atoms with Gasteiger partial charge in [0.2, 0.25) is 0 Å². The lowest BCUT2D eigenvalue weighted by Gasteiger charge is -2.60. The molecule has 2 nitrogen and oxygen atoms in total.